The molecule has 1 saturated carbocycles. The van der Waals surface area contributed by atoms with Crippen molar-refractivity contribution in [3.63, 3.8) is 0 Å². The van der Waals surface area contributed by atoms with Crippen LogP contribution in [0.15, 0.2) is 35.4 Å². The third-order valence-corrected chi connectivity index (χ3v) is 9.58. The van der Waals surface area contributed by atoms with Crippen LogP contribution in [0.3, 0.4) is 0 Å². The second-order valence-corrected chi connectivity index (χ2v) is 13.7. The Kier molecular flexibility index (Phi) is 7.05. The van der Waals surface area contributed by atoms with E-state index in [1.54, 1.807) is 6.07 Å². The molecule has 5 aliphatic rings. The van der Waals surface area contributed by atoms with E-state index in [2.05, 4.69) is 27.3 Å². The van der Waals surface area contributed by atoms with Crippen molar-refractivity contribution >= 4 is 38.6 Å². The number of nitrogens with zero attached hydrogens (tertiary/aromatic N) is 3. The van der Waals surface area contributed by atoms with E-state index < -0.39 is 9.84 Å². The van der Waals surface area contributed by atoms with Gasteiger partial charge in [-0.05, 0) is 76.6 Å². The molecule has 5 heterocycles. The van der Waals surface area contributed by atoms with E-state index in [9.17, 15) is 13.2 Å². The maximum absolute atomic E-state index is 14.2. The molecule has 2 atom stereocenters. The summed E-state index contributed by atoms with van der Waals surface area (Å²) in [6, 6.07) is 8.20. The highest BCUT2D eigenvalue weighted by Gasteiger charge is 2.37. The average Bonchev–Trinajstić information content (AvgIpc) is 3.09. The third-order valence-electron chi connectivity index (χ3n) is 8.50. The SMILES string of the molecule is CC(C)O[C@H]1CC[C@H](C(=O)N2Cc3cc(S(C)(=O)=O)cnc3Nc3ccc(N4C[C@@H]5CC[C@H]4CO5)cc32)CC1. The lowest BCUT2D eigenvalue weighted by atomic mass is 9.86. The molecule has 0 spiro atoms. The number of sulfone groups is 1. The average molecular weight is 555 g/mol. The highest BCUT2D eigenvalue weighted by atomic mass is 32.2. The van der Waals surface area contributed by atoms with Crippen molar-refractivity contribution in [2.75, 3.05) is 34.5 Å². The minimum absolute atomic E-state index is 0.0688. The molecule has 1 amide bonds. The van der Waals surface area contributed by atoms with Gasteiger partial charge in [0.25, 0.3) is 0 Å². The molecule has 3 saturated heterocycles. The van der Waals surface area contributed by atoms with Gasteiger partial charge in [0.15, 0.2) is 9.84 Å². The molecule has 1 aliphatic carbocycles. The monoisotopic (exact) mass is 554 g/mol. The van der Waals surface area contributed by atoms with E-state index in [0.29, 0.717) is 17.4 Å². The van der Waals surface area contributed by atoms with E-state index in [1.807, 2.05) is 24.8 Å². The van der Waals surface area contributed by atoms with Gasteiger partial charge in [-0.3, -0.25) is 4.79 Å². The fourth-order valence-corrected chi connectivity index (χ4v) is 7.05. The van der Waals surface area contributed by atoms with Crippen molar-refractivity contribution < 1.29 is 22.7 Å². The quantitative estimate of drug-likeness (QED) is 0.580. The highest BCUT2D eigenvalue weighted by molar-refractivity contribution is 7.90. The van der Waals surface area contributed by atoms with Gasteiger partial charge in [-0.2, -0.15) is 0 Å². The Morgan fingerprint density at radius 2 is 1.92 bits per heavy atom. The fraction of sp³-hybridized carbons (Fsp3) is 0.586. The molecule has 1 N–H and O–H groups in total. The van der Waals surface area contributed by atoms with Gasteiger partial charge in [0.05, 0.1) is 53.8 Å². The topological polar surface area (TPSA) is 101 Å². The van der Waals surface area contributed by atoms with Crippen LogP contribution in [0.5, 0.6) is 0 Å². The number of carbonyl (C=O) groups excluding carboxylic acids is 1. The molecule has 39 heavy (non-hydrogen) atoms. The molecule has 0 radical (unpaired) electrons. The number of ether oxygens (including phenoxy) is 2. The van der Waals surface area contributed by atoms with Crippen LogP contribution in [0.2, 0.25) is 0 Å². The van der Waals surface area contributed by atoms with Crippen molar-refractivity contribution in [3.8, 4) is 0 Å². The van der Waals surface area contributed by atoms with Gasteiger partial charge in [0, 0.05) is 36.2 Å². The van der Waals surface area contributed by atoms with Gasteiger partial charge >= 0.3 is 0 Å². The van der Waals surface area contributed by atoms with Crippen LogP contribution in [0.1, 0.15) is 57.9 Å². The number of pyridine rings is 1. The zero-order chi connectivity index (χ0) is 27.3. The Labute approximate surface area is 230 Å². The Balaban J connectivity index is 1.35. The minimum Gasteiger partial charge on any atom is -0.376 e. The molecule has 10 heteroatoms. The fourth-order valence-electron chi connectivity index (χ4n) is 6.45. The molecule has 1 aromatic heterocycles. The van der Waals surface area contributed by atoms with Crippen LogP contribution in [0.4, 0.5) is 22.9 Å². The molecular formula is C29H38N4O5S. The smallest absolute Gasteiger partial charge is 0.230 e. The lowest BCUT2D eigenvalue weighted by Gasteiger charge is -2.46. The minimum atomic E-state index is -3.44. The summed E-state index contributed by atoms with van der Waals surface area (Å²) >= 11 is 0. The number of nitrogens with one attached hydrogen (secondary N) is 1. The Hall–Kier alpha value is -2.69. The third kappa shape index (κ3) is 5.38. The number of carbonyl (C=O) groups is 1. The number of benzene rings is 1. The first-order valence-electron chi connectivity index (χ1n) is 14.1. The van der Waals surface area contributed by atoms with Gasteiger partial charge in [-0.15, -0.1) is 0 Å². The maximum atomic E-state index is 14.2. The zero-order valence-corrected chi connectivity index (χ0v) is 23.7. The van der Waals surface area contributed by atoms with Crippen LogP contribution in [-0.2, 0) is 30.7 Å². The van der Waals surface area contributed by atoms with E-state index in [1.165, 1.54) is 12.5 Å². The number of rotatable bonds is 5. The first-order chi connectivity index (χ1) is 18.7. The van der Waals surface area contributed by atoms with Crippen molar-refractivity contribution in [3.05, 3.63) is 36.0 Å². The Bertz CT molecular complexity index is 1350. The summed E-state index contributed by atoms with van der Waals surface area (Å²) < 4.78 is 36.6. The Morgan fingerprint density at radius 1 is 1.13 bits per heavy atom. The molecule has 4 aliphatic heterocycles. The summed E-state index contributed by atoms with van der Waals surface area (Å²) in [7, 11) is -3.44. The maximum Gasteiger partial charge on any atom is 0.230 e. The van der Waals surface area contributed by atoms with Gasteiger partial charge in [-0.25, -0.2) is 13.4 Å². The molecular weight excluding hydrogens is 516 g/mol. The van der Waals surface area contributed by atoms with Crippen LogP contribution in [0.25, 0.3) is 0 Å². The molecule has 1 aromatic carbocycles. The van der Waals surface area contributed by atoms with Gasteiger partial charge in [0.2, 0.25) is 5.91 Å². The van der Waals surface area contributed by atoms with Gasteiger partial charge in [0.1, 0.15) is 5.82 Å². The van der Waals surface area contributed by atoms with E-state index in [-0.39, 0.29) is 41.6 Å². The van der Waals surface area contributed by atoms with E-state index >= 15 is 0 Å². The second kappa shape index (κ2) is 10.4. The number of morpholine rings is 1. The zero-order valence-electron chi connectivity index (χ0n) is 22.9. The van der Waals surface area contributed by atoms with Crippen LogP contribution in [0, 0.1) is 5.92 Å². The number of aromatic nitrogens is 1. The number of hydrogen-bond acceptors (Lipinski definition) is 8. The summed E-state index contributed by atoms with van der Waals surface area (Å²) in [5, 5.41) is 3.40. The van der Waals surface area contributed by atoms with Crippen LogP contribution >= 0.6 is 0 Å². The number of fused-ring (bicyclic) bond motifs is 5. The molecule has 210 valence electrons. The summed E-state index contributed by atoms with van der Waals surface area (Å²) in [4.78, 5) is 23.1. The van der Waals surface area contributed by atoms with E-state index in [4.69, 9.17) is 9.47 Å². The summed E-state index contributed by atoms with van der Waals surface area (Å²) in [6.45, 7) is 5.93. The molecule has 4 fully saturated rings. The summed E-state index contributed by atoms with van der Waals surface area (Å²) in [5.41, 5.74) is 3.36. The summed E-state index contributed by atoms with van der Waals surface area (Å²) in [5.74, 6) is 0.533. The predicted molar refractivity (Wildman–Crippen MR) is 150 cm³/mol. The van der Waals surface area contributed by atoms with Crippen molar-refractivity contribution in [2.45, 2.75) is 88.2 Å². The largest absolute Gasteiger partial charge is 0.376 e. The van der Waals surface area contributed by atoms with Crippen LogP contribution < -0.4 is 15.1 Å². The molecule has 0 unspecified atom stereocenters. The van der Waals surface area contributed by atoms with Gasteiger partial charge < -0.3 is 24.6 Å². The number of anilines is 4. The lowest BCUT2D eigenvalue weighted by Crippen LogP contribution is -2.54. The van der Waals surface area contributed by atoms with Gasteiger partial charge in [-0.1, -0.05) is 0 Å². The molecule has 2 aromatic rings. The second-order valence-electron chi connectivity index (χ2n) is 11.7. The predicted octanol–water partition coefficient (Wildman–Crippen LogP) is 4.43. The number of piperidine rings is 1. The van der Waals surface area contributed by atoms with Crippen molar-refractivity contribution in [1.82, 2.24) is 4.98 Å². The lowest BCUT2D eigenvalue weighted by molar-refractivity contribution is -0.124. The first-order valence-corrected chi connectivity index (χ1v) is 16.0. The summed E-state index contributed by atoms with van der Waals surface area (Å²) in [6.07, 6.45) is 8.64. The molecule has 7 rings (SSSR count). The van der Waals surface area contributed by atoms with Crippen molar-refractivity contribution in [2.24, 2.45) is 5.92 Å². The molecule has 9 nitrogen and oxygen atoms in total. The van der Waals surface area contributed by atoms with E-state index in [0.717, 1.165) is 68.7 Å². The normalized spacial score (nSPS) is 26.6. The van der Waals surface area contributed by atoms with Crippen LogP contribution in [-0.4, -0.2) is 63.1 Å². The number of amides is 1. The first kappa shape index (κ1) is 26.5. The number of hydrogen-bond donors (Lipinski definition) is 1. The standard InChI is InChI=1S/C29H38N4O5S/c1-18(2)38-23-8-4-19(5-9-23)29(34)33-15-20-12-25(39(3,35)36)14-30-28(20)31-26-11-7-21(13-27(26)33)32-16-24-10-6-22(32)17-37-24/h7,11-14,18-19,22-24H,4-6,8-10,15-17H2,1-3H3,(H,30,31)/t19-,22-,23-,24-/m0/s1. The molecule has 2 bridgehead atoms. The highest BCUT2D eigenvalue weighted by Crippen LogP contribution is 2.42. The Morgan fingerprint density at radius 3 is 2.56 bits per heavy atom. The van der Waals surface area contributed by atoms with Crippen molar-refractivity contribution in [1.29, 1.82) is 0 Å².